The van der Waals surface area contributed by atoms with Gasteiger partial charge in [-0.15, -0.1) is 0 Å². The van der Waals surface area contributed by atoms with Gasteiger partial charge in [0, 0.05) is 12.3 Å². The van der Waals surface area contributed by atoms with Crippen molar-refractivity contribution in [2.75, 3.05) is 0 Å². The summed E-state index contributed by atoms with van der Waals surface area (Å²) in [5.74, 6) is 1.79. The molecular formula is C14H11N5. The Bertz CT molecular complexity index is 887. The summed E-state index contributed by atoms with van der Waals surface area (Å²) < 4.78 is 3.81. The molecule has 3 aromatic heterocycles. The second kappa shape index (κ2) is 3.65. The van der Waals surface area contributed by atoms with Crippen LogP contribution in [-0.2, 0) is 0 Å². The Kier molecular flexibility index (Phi) is 1.97. The Morgan fingerprint density at radius 1 is 1.00 bits per heavy atom. The monoisotopic (exact) mass is 249 g/mol. The molecule has 4 aromatic rings. The maximum atomic E-state index is 4.61. The smallest absolute Gasteiger partial charge is 0.157 e. The molecule has 0 atom stereocenters. The zero-order valence-corrected chi connectivity index (χ0v) is 10.4. The van der Waals surface area contributed by atoms with Gasteiger partial charge in [0.25, 0.3) is 0 Å². The van der Waals surface area contributed by atoms with Crippen LogP contribution in [0.3, 0.4) is 0 Å². The fraction of sp³-hybridized carbons (Fsp3) is 0.0714. The highest BCUT2D eigenvalue weighted by Crippen LogP contribution is 2.19. The quantitative estimate of drug-likeness (QED) is 0.520. The number of aromatic nitrogens is 5. The number of para-hydroxylation sites is 2. The van der Waals surface area contributed by atoms with Crippen LogP contribution in [0.2, 0.25) is 0 Å². The van der Waals surface area contributed by atoms with Crippen molar-refractivity contribution >= 4 is 16.7 Å². The topological polar surface area (TPSA) is 48.0 Å². The lowest BCUT2D eigenvalue weighted by Gasteiger charge is -2.05. The second-order valence-corrected chi connectivity index (χ2v) is 4.40. The van der Waals surface area contributed by atoms with E-state index in [1.54, 1.807) is 10.7 Å². The van der Waals surface area contributed by atoms with Crippen molar-refractivity contribution in [3.8, 4) is 5.82 Å². The van der Waals surface area contributed by atoms with Crippen LogP contribution in [-0.4, -0.2) is 24.1 Å². The fourth-order valence-corrected chi connectivity index (χ4v) is 2.36. The number of nitrogens with zero attached hydrogens (tertiary/aromatic N) is 5. The third-order valence-corrected chi connectivity index (χ3v) is 3.20. The molecule has 0 saturated carbocycles. The van der Waals surface area contributed by atoms with E-state index in [0.717, 1.165) is 28.3 Å². The molecule has 3 heterocycles. The Balaban J connectivity index is 2.05. The fourth-order valence-electron chi connectivity index (χ4n) is 2.36. The molecule has 0 spiro atoms. The van der Waals surface area contributed by atoms with Gasteiger partial charge >= 0.3 is 0 Å². The normalized spacial score (nSPS) is 11.4. The highest BCUT2D eigenvalue weighted by molar-refractivity contribution is 5.77. The van der Waals surface area contributed by atoms with Crippen LogP contribution in [0.15, 0.2) is 48.8 Å². The SMILES string of the molecule is Cc1nc2ccccc2n1-c1ccn2nccc2n1. The average Bonchev–Trinajstić information content (AvgIpc) is 3.00. The minimum Gasteiger partial charge on any atom is -0.280 e. The van der Waals surface area contributed by atoms with E-state index in [2.05, 4.69) is 25.7 Å². The number of fused-ring (bicyclic) bond motifs is 2. The number of hydrogen-bond donors (Lipinski definition) is 0. The van der Waals surface area contributed by atoms with Gasteiger partial charge in [-0.2, -0.15) is 5.10 Å². The first-order valence-corrected chi connectivity index (χ1v) is 6.08. The summed E-state index contributed by atoms with van der Waals surface area (Å²) in [5, 5.41) is 4.16. The summed E-state index contributed by atoms with van der Waals surface area (Å²) in [5.41, 5.74) is 2.88. The molecule has 0 radical (unpaired) electrons. The lowest BCUT2D eigenvalue weighted by molar-refractivity contribution is 0.901. The molecule has 92 valence electrons. The molecule has 5 nitrogen and oxygen atoms in total. The third kappa shape index (κ3) is 1.45. The molecule has 0 N–H and O–H groups in total. The van der Waals surface area contributed by atoms with Gasteiger partial charge in [-0.3, -0.25) is 4.57 Å². The lowest BCUT2D eigenvalue weighted by Crippen LogP contribution is -2.01. The number of aryl methyl sites for hydroxylation is 1. The predicted octanol–water partition coefficient (Wildman–Crippen LogP) is 2.38. The van der Waals surface area contributed by atoms with Crippen molar-refractivity contribution in [1.29, 1.82) is 0 Å². The molecule has 0 amide bonds. The van der Waals surface area contributed by atoms with Gasteiger partial charge in [0.05, 0.1) is 17.2 Å². The van der Waals surface area contributed by atoms with E-state index in [9.17, 15) is 0 Å². The largest absolute Gasteiger partial charge is 0.280 e. The van der Waals surface area contributed by atoms with Crippen LogP contribution in [0.4, 0.5) is 0 Å². The standard InChI is InChI=1S/C14H11N5/c1-10-16-11-4-2-3-5-12(11)19(10)14-7-9-18-13(17-14)6-8-15-18/h2-9H,1H3. The van der Waals surface area contributed by atoms with Crippen molar-refractivity contribution in [3.05, 3.63) is 54.6 Å². The Morgan fingerprint density at radius 3 is 2.84 bits per heavy atom. The summed E-state index contributed by atoms with van der Waals surface area (Å²) in [6, 6.07) is 11.9. The highest BCUT2D eigenvalue weighted by atomic mass is 15.3. The van der Waals surface area contributed by atoms with E-state index in [4.69, 9.17) is 0 Å². The number of hydrogen-bond acceptors (Lipinski definition) is 3. The van der Waals surface area contributed by atoms with E-state index in [1.807, 2.05) is 43.5 Å². The lowest BCUT2D eigenvalue weighted by atomic mass is 10.3. The first kappa shape index (κ1) is 10.3. The van der Waals surface area contributed by atoms with Gasteiger partial charge in [0.2, 0.25) is 0 Å². The number of benzene rings is 1. The van der Waals surface area contributed by atoms with E-state index in [0.29, 0.717) is 0 Å². The van der Waals surface area contributed by atoms with Crippen LogP contribution in [0.1, 0.15) is 5.82 Å². The zero-order valence-electron chi connectivity index (χ0n) is 10.4. The van der Waals surface area contributed by atoms with E-state index >= 15 is 0 Å². The summed E-state index contributed by atoms with van der Waals surface area (Å²) in [6.45, 7) is 1.99. The van der Waals surface area contributed by atoms with Crippen molar-refractivity contribution in [2.45, 2.75) is 6.92 Å². The van der Waals surface area contributed by atoms with Crippen LogP contribution < -0.4 is 0 Å². The molecule has 0 aliphatic heterocycles. The Labute approximate surface area is 109 Å². The summed E-state index contributed by atoms with van der Waals surface area (Å²) >= 11 is 0. The molecular weight excluding hydrogens is 238 g/mol. The van der Waals surface area contributed by atoms with E-state index in [-0.39, 0.29) is 0 Å². The molecule has 0 aliphatic carbocycles. The maximum absolute atomic E-state index is 4.61. The van der Waals surface area contributed by atoms with Crippen molar-refractivity contribution in [2.24, 2.45) is 0 Å². The van der Waals surface area contributed by atoms with E-state index < -0.39 is 0 Å². The molecule has 0 bridgehead atoms. The maximum Gasteiger partial charge on any atom is 0.157 e. The average molecular weight is 249 g/mol. The molecule has 5 heteroatoms. The summed E-state index contributed by atoms with van der Waals surface area (Å²) in [7, 11) is 0. The molecule has 0 unspecified atom stereocenters. The first-order chi connectivity index (χ1) is 9.33. The highest BCUT2D eigenvalue weighted by Gasteiger charge is 2.10. The molecule has 0 aliphatic rings. The number of imidazole rings is 1. The van der Waals surface area contributed by atoms with Gasteiger partial charge in [-0.05, 0) is 25.1 Å². The minimum absolute atomic E-state index is 0.828. The van der Waals surface area contributed by atoms with Crippen LogP contribution in [0, 0.1) is 6.92 Å². The minimum atomic E-state index is 0.828. The van der Waals surface area contributed by atoms with Crippen LogP contribution in [0.25, 0.3) is 22.5 Å². The van der Waals surface area contributed by atoms with Gasteiger partial charge in [0.15, 0.2) is 5.65 Å². The Morgan fingerprint density at radius 2 is 1.89 bits per heavy atom. The van der Waals surface area contributed by atoms with Crippen molar-refractivity contribution < 1.29 is 0 Å². The van der Waals surface area contributed by atoms with Gasteiger partial charge in [-0.25, -0.2) is 14.5 Å². The molecule has 1 aromatic carbocycles. The Hall–Kier alpha value is -2.69. The number of rotatable bonds is 1. The van der Waals surface area contributed by atoms with Gasteiger partial charge in [-0.1, -0.05) is 12.1 Å². The van der Waals surface area contributed by atoms with Crippen molar-refractivity contribution in [3.63, 3.8) is 0 Å². The third-order valence-electron chi connectivity index (χ3n) is 3.20. The second-order valence-electron chi connectivity index (χ2n) is 4.40. The first-order valence-electron chi connectivity index (χ1n) is 6.08. The van der Waals surface area contributed by atoms with Crippen molar-refractivity contribution in [1.82, 2.24) is 24.1 Å². The molecule has 0 fully saturated rings. The molecule has 4 rings (SSSR count). The zero-order chi connectivity index (χ0) is 12.8. The molecule has 19 heavy (non-hydrogen) atoms. The summed E-state index contributed by atoms with van der Waals surface area (Å²) in [6.07, 6.45) is 3.65. The predicted molar refractivity (Wildman–Crippen MR) is 72.4 cm³/mol. The summed E-state index contributed by atoms with van der Waals surface area (Å²) in [4.78, 5) is 9.17. The van der Waals surface area contributed by atoms with Gasteiger partial charge < -0.3 is 0 Å². The van der Waals surface area contributed by atoms with Crippen LogP contribution in [0.5, 0.6) is 0 Å². The van der Waals surface area contributed by atoms with Crippen LogP contribution >= 0.6 is 0 Å². The van der Waals surface area contributed by atoms with Gasteiger partial charge in [0.1, 0.15) is 11.6 Å². The van der Waals surface area contributed by atoms with E-state index in [1.165, 1.54) is 0 Å². The molecule has 0 saturated heterocycles.